The van der Waals surface area contributed by atoms with Crippen molar-refractivity contribution in [2.24, 2.45) is 5.92 Å². The van der Waals surface area contributed by atoms with E-state index in [9.17, 15) is 19.2 Å². The third-order valence-corrected chi connectivity index (χ3v) is 8.36. The zero-order valence-corrected chi connectivity index (χ0v) is 19.0. The number of hydrogen-bond acceptors (Lipinski definition) is 4. The second kappa shape index (κ2) is 5.81. The van der Waals surface area contributed by atoms with Gasteiger partial charge < -0.3 is 0 Å². The Morgan fingerprint density at radius 1 is 0.629 bits per heavy atom. The number of carbonyl (C=O) groups excluding carboxylic acids is 4. The first-order chi connectivity index (χ1) is 16.9. The van der Waals surface area contributed by atoms with E-state index in [1.54, 1.807) is 12.1 Å². The van der Waals surface area contributed by atoms with Crippen molar-refractivity contribution in [3.05, 3.63) is 81.9 Å². The lowest BCUT2D eigenvalue weighted by atomic mass is 9.81. The first kappa shape index (κ1) is 19.0. The molecule has 0 aromatic heterocycles. The summed E-state index contributed by atoms with van der Waals surface area (Å²) in [5, 5.41) is 6.81. The van der Waals surface area contributed by atoms with Crippen molar-refractivity contribution in [2.45, 2.75) is 13.3 Å². The number of allylic oxidation sites excluding steroid dienone is 2. The summed E-state index contributed by atoms with van der Waals surface area (Å²) in [7, 11) is 1.51. The molecule has 3 aliphatic rings. The van der Waals surface area contributed by atoms with Crippen LogP contribution in [0.15, 0.2) is 59.7 Å². The number of imide groups is 1. The molecule has 0 radical (unpaired) electrons. The Labute approximate surface area is 198 Å². The smallest absolute Gasteiger partial charge is 0.261 e. The molecule has 8 rings (SSSR count). The molecule has 1 unspecified atom stereocenters. The molecule has 35 heavy (non-hydrogen) atoms. The quantitative estimate of drug-likeness (QED) is 0.130. The van der Waals surface area contributed by atoms with E-state index >= 15 is 0 Å². The van der Waals surface area contributed by atoms with Crippen LogP contribution in [-0.4, -0.2) is 35.3 Å². The molecule has 5 aromatic carbocycles. The molecule has 1 atom stereocenters. The number of rotatable bonds is 0. The van der Waals surface area contributed by atoms with E-state index < -0.39 is 0 Å². The van der Waals surface area contributed by atoms with Crippen LogP contribution < -0.4 is 0 Å². The van der Waals surface area contributed by atoms with Crippen molar-refractivity contribution < 1.29 is 19.2 Å². The lowest BCUT2D eigenvalue weighted by Gasteiger charge is -2.26. The van der Waals surface area contributed by atoms with E-state index in [1.165, 1.54) is 7.05 Å². The van der Waals surface area contributed by atoms with Crippen LogP contribution >= 0.6 is 0 Å². The topological polar surface area (TPSA) is 71.5 Å². The van der Waals surface area contributed by atoms with Crippen LogP contribution in [-0.2, 0) is 0 Å². The van der Waals surface area contributed by atoms with Crippen molar-refractivity contribution in [2.75, 3.05) is 7.05 Å². The molecule has 0 spiro atoms. The fourth-order valence-electron chi connectivity index (χ4n) is 6.55. The molecular formula is C30H17NO4. The maximum atomic E-state index is 13.5. The van der Waals surface area contributed by atoms with Gasteiger partial charge in [-0.15, -0.1) is 0 Å². The Bertz CT molecular complexity index is 1910. The number of carbonyl (C=O) groups is 4. The highest BCUT2D eigenvalue weighted by Crippen LogP contribution is 2.50. The molecule has 166 valence electrons. The molecule has 1 aliphatic heterocycles. The van der Waals surface area contributed by atoms with E-state index in [1.807, 2.05) is 43.3 Å². The van der Waals surface area contributed by atoms with E-state index in [2.05, 4.69) is 0 Å². The Kier molecular flexibility index (Phi) is 3.15. The zero-order chi connectivity index (χ0) is 23.9. The Morgan fingerprint density at radius 3 is 1.63 bits per heavy atom. The monoisotopic (exact) mass is 455 g/mol. The zero-order valence-electron chi connectivity index (χ0n) is 19.0. The number of amides is 2. The van der Waals surface area contributed by atoms with Crippen LogP contribution in [0.2, 0.25) is 0 Å². The van der Waals surface area contributed by atoms with Crippen molar-refractivity contribution in [1.82, 2.24) is 4.90 Å². The van der Waals surface area contributed by atoms with Crippen molar-refractivity contribution in [3.8, 4) is 0 Å². The second-order valence-electron chi connectivity index (χ2n) is 9.92. The number of nitrogens with zero attached hydrogens (tertiary/aromatic N) is 1. The molecule has 2 amide bonds. The van der Waals surface area contributed by atoms with Gasteiger partial charge >= 0.3 is 0 Å². The summed E-state index contributed by atoms with van der Waals surface area (Å²) in [5.74, 6) is -0.774. The number of Topliss-reactive ketones (excluding diaryl/α,β-unsaturated/α-hetero) is 2. The SMILES string of the molecule is CC1=C2CC(=O)c3ccc4c5ccc6c7c(ccc(c8ccc(c3c48)C(=O)C12)c75)C(=O)N(C)C6=O. The minimum Gasteiger partial charge on any atom is -0.294 e. The maximum Gasteiger partial charge on any atom is 0.261 e. The number of ketones is 2. The molecule has 5 aromatic rings. The van der Waals surface area contributed by atoms with Gasteiger partial charge in [0, 0.05) is 46.5 Å². The third kappa shape index (κ3) is 2.03. The largest absolute Gasteiger partial charge is 0.294 e. The van der Waals surface area contributed by atoms with Gasteiger partial charge in [0.1, 0.15) is 0 Å². The van der Waals surface area contributed by atoms with Gasteiger partial charge in [-0.3, -0.25) is 24.1 Å². The molecule has 5 heteroatoms. The summed E-state index contributed by atoms with van der Waals surface area (Å²) in [5.41, 5.74) is 4.18. The first-order valence-electron chi connectivity index (χ1n) is 11.7. The molecule has 0 N–H and O–H groups in total. The number of hydrogen-bond donors (Lipinski definition) is 0. The summed E-state index contributed by atoms with van der Waals surface area (Å²) in [4.78, 5) is 53.9. The average molecular weight is 455 g/mol. The Morgan fingerprint density at radius 2 is 1.09 bits per heavy atom. The van der Waals surface area contributed by atoms with Crippen molar-refractivity contribution >= 4 is 66.5 Å². The lowest BCUT2D eigenvalue weighted by Crippen LogP contribution is -2.36. The second-order valence-corrected chi connectivity index (χ2v) is 9.92. The van der Waals surface area contributed by atoms with Crippen LogP contribution in [0.3, 0.4) is 0 Å². The van der Waals surface area contributed by atoms with Gasteiger partial charge in [-0.25, -0.2) is 0 Å². The maximum absolute atomic E-state index is 13.5. The van der Waals surface area contributed by atoms with Crippen LogP contribution in [0.25, 0.3) is 43.1 Å². The van der Waals surface area contributed by atoms with E-state index in [-0.39, 0.29) is 35.7 Å². The number of benzene rings is 5. The minimum atomic E-state index is -0.311. The first-order valence-corrected chi connectivity index (χ1v) is 11.7. The summed E-state index contributed by atoms with van der Waals surface area (Å²) < 4.78 is 0. The van der Waals surface area contributed by atoms with Gasteiger partial charge in [-0.05, 0) is 56.9 Å². The number of fused-ring (bicyclic) bond motifs is 3. The summed E-state index contributed by atoms with van der Waals surface area (Å²) in [6.07, 6.45) is 0.289. The highest BCUT2D eigenvalue weighted by atomic mass is 16.2. The van der Waals surface area contributed by atoms with E-state index in [4.69, 9.17) is 0 Å². The van der Waals surface area contributed by atoms with Crippen LogP contribution in [0, 0.1) is 5.92 Å². The molecule has 5 nitrogen and oxygen atoms in total. The van der Waals surface area contributed by atoms with Gasteiger partial charge in [0.15, 0.2) is 11.6 Å². The molecule has 0 bridgehead atoms. The average Bonchev–Trinajstić information content (AvgIpc) is 3.50. The van der Waals surface area contributed by atoms with E-state index in [0.717, 1.165) is 53.7 Å². The van der Waals surface area contributed by atoms with Crippen LogP contribution in [0.1, 0.15) is 54.8 Å². The molecule has 1 heterocycles. The van der Waals surface area contributed by atoms with Crippen LogP contribution in [0.5, 0.6) is 0 Å². The molecular weight excluding hydrogens is 438 g/mol. The summed E-state index contributed by atoms with van der Waals surface area (Å²) >= 11 is 0. The highest BCUT2D eigenvalue weighted by molar-refractivity contribution is 6.40. The molecule has 0 fully saturated rings. The minimum absolute atomic E-state index is 0.0366. The van der Waals surface area contributed by atoms with Gasteiger partial charge in [-0.1, -0.05) is 42.0 Å². The fourth-order valence-corrected chi connectivity index (χ4v) is 6.55. The highest BCUT2D eigenvalue weighted by Gasteiger charge is 2.43. The predicted octanol–water partition coefficient (Wildman–Crippen LogP) is 5.68. The fraction of sp³-hybridized carbons (Fsp3) is 0.133. The summed E-state index contributed by atoms with van der Waals surface area (Å²) in [6.45, 7) is 1.94. The lowest BCUT2D eigenvalue weighted by molar-refractivity contribution is 0.0650. The third-order valence-electron chi connectivity index (χ3n) is 8.36. The van der Waals surface area contributed by atoms with Gasteiger partial charge in [-0.2, -0.15) is 0 Å². The normalized spacial score (nSPS) is 19.4. The summed E-state index contributed by atoms with van der Waals surface area (Å²) in [6, 6.07) is 15.0. The van der Waals surface area contributed by atoms with Crippen LogP contribution in [0.4, 0.5) is 0 Å². The van der Waals surface area contributed by atoms with Crippen molar-refractivity contribution in [1.29, 1.82) is 0 Å². The predicted molar refractivity (Wildman–Crippen MR) is 134 cm³/mol. The molecule has 0 saturated carbocycles. The molecule has 0 saturated heterocycles. The van der Waals surface area contributed by atoms with E-state index in [0.29, 0.717) is 27.6 Å². The Hall–Kier alpha value is -4.38. The van der Waals surface area contributed by atoms with Gasteiger partial charge in [0.25, 0.3) is 11.8 Å². The molecule has 2 aliphatic carbocycles. The van der Waals surface area contributed by atoms with Crippen molar-refractivity contribution in [3.63, 3.8) is 0 Å². The van der Waals surface area contributed by atoms with Gasteiger partial charge in [0.05, 0.1) is 5.92 Å². The Balaban J connectivity index is 1.59. The standard InChI is InChI=1S/C30H17NO4/c1-12-21-11-22(32)17-7-3-13-15-5-9-19-27-20(30(35)31(2)29(19)34)10-6-16(25(15)27)14-4-8-18(26(17)24(13)14)28(33)23(12)21/h3-10,23H,11H2,1-2H3. The van der Waals surface area contributed by atoms with Gasteiger partial charge in [0.2, 0.25) is 0 Å².